The van der Waals surface area contributed by atoms with Crippen LogP contribution in [0.1, 0.15) is 19.3 Å². The fraction of sp³-hybridized carbons (Fsp3) is 0.556. The summed E-state index contributed by atoms with van der Waals surface area (Å²) in [5, 5.41) is 11.4. The second kappa shape index (κ2) is 3.60. The Balaban J connectivity index is 2.94. The highest BCUT2D eigenvalue weighted by atomic mass is 16.5. The summed E-state index contributed by atoms with van der Waals surface area (Å²) in [6.45, 7) is 3.53. The van der Waals surface area contributed by atoms with Gasteiger partial charge in [-0.05, 0) is 0 Å². The maximum atomic E-state index is 11.4. The zero-order chi connectivity index (χ0) is 9.90. The summed E-state index contributed by atoms with van der Waals surface area (Å²) in [4.78, 5) is 11.4. The molecule has 0 unspecified atom stereocenters. The summed E-state index contributed by atoms with van der Waals surface area (Å²) >= 11 is 0. The van der Waals surface area contributed by atoms with Crippen LogP contribution in [-0.2, 0) is 9.53 Å². The molecule has 1 rings (SSSR count). The molecule has 0 amide bonds. The fourth-order valence-corrected chi connectivity index (χ4v) is 1.60. The Morgan fingerprint density at radius 3 is 3.00 bits per heavy atom. The fourth-order valence-electron chi connectivity index (χ4n) is 1.60. The van der Waals surface area contributed by atoms with Crippen LogP contribution in [0.3, 0.4) is 0 Å². The molecule has 0 fully saturated rings. The molecule has 0 saturated heterocycles. The van der Waals surface area contributed by atoms with Gasteiger partial charge >= 0.3 is 5.97 Å². The molecule has 0 aromatic carbocycles. The second-order valence-corrected chi connectivity index (χ2v) is 3.06. The molecule has 1 atom stereocenters. The Labute approximate surface area is 77.1 Å². The van der Waals surface area contributed by atoms with Gasteiger partial charge in [0.05, 0.1) is 7.11 Å². The van der Waals surface area contributed by atoms with Crippen molar-refractivity contribution in [2.45, 2.75) is 24.8 Å². The van der Waals surface area contributed by atoms with Gasteiger partial charge in [0.1, 0.15) is 0 Å². The first-order chi connectivity index (χ1) is 6.17. The number of ether oxygens (including phenoxy) is 1. The lowest BCUT2D eigenvalue weighted by Gasteiger charge is -2.23. The van der Waals surface area contributed by atoms with E-state index in [1.165, 1.54) is 13.3 Å². The smallest absolute Gasteiger partial charge is 0.379 e. The third-order valence-corrected chi connectivity index (χ3v) is 2.32. The van der Waals surface area contributed by atoms with Crippen LogP contribution in [-0.4, -0.2) is 29.6 Å². The van der Waals surface area contributed by atoms with Crippen LogP contribution in [0.15, 0.2) is 12.7 Å². The highest BCUT2D eigenvalue weighted by Gasteiger charge is 2.49. The van der Waals surface area contributed by atoms with E-state index in [4.69, 9.17) is 0 Å². The molecule has 0 bridgehead atoms. The van der Waals surface area contributed by atoms with Crippen LogP contribution in [0.2, 0.25) is 0 Å². The number of methoxy groups -OCH3 is 1. The number of rotatable bonds is 3. The van der Waals surface area contributed by atoms with Gasteiger partial charge in [-0.15, -0.1) is 6.58 Å². The van der Waals surface area contributed by atoms with Crippen molar-refractivity contribution in [1.82, 2.24) is 0 Å². The predicted octanol–water partition coefficient (Wildman–Crippen LogP) is 0.849. The van der Waals surface area contributed by atoms with Crippen LogP contribution in [0.5, 0.6) is 0 Å². The molecule has 0 aromatic heterocycles. The second-order valence-electron chi connectivity index (χ2n) is 3.06. The minimum absolute atomic E-state index is 0.333. The van der Waals surface area contributed by atoms with Gasteiger partial charge in [-0.2, -0.15) is 4.74 Å². The summed E-state index contributed by atoms with van der Waals surface area (Å²) < 4.78 is 5.31. The Kier molecular flexibility index (Phi) is 2.70. The number of carbonyl (C=O) groups excluding carboxylic acids is 1. The Morgan fingerprint density at radius 2 is 2.62 bits per heavy atom. The first-order valence-corrected chi connectivity index (χ1v) is 4.16. The van der Waals surface area contributed by atoms with E-state index in [0.717, 1.165) is 0 Å². The van der Waals surface area contributed by atoms with E-state index in [1.807, 2.05) is 0 Å². The van der Waals surface area contributed by atoms with E-state index in [-0.39, 0.29) is 0 Å². The van der Waals surface area contributed by atoms with Crippen molar-refractivity contribution in [3.63, 3.8) is 0 Å². The van der Waals surface area contributed by atoms with Crippen LogP contribution in [0, 0.1) is 5.21 Å². The van der Waals surface area contributed by atoms with Gasteiger partial charge in [-0.3, -0.25) is 0 Å². The summed E-state index contributed by atoms with van der Waals surface area (Å²) in [7, 11) is 1.29. The zero-order valence-electron chi connectivity index (χ0n) is 7.66. The van der Waals surface area contributed by atoms with Gasteiger partial charge in [0, 0.05) is 19.3 Å². The third-order valence-electron chi connectivity index (χ3n) is 2.32. The Hall–Kier alpha value is -1.32. The van der Waals surface area contributed by atoms with Gasteiger partial charge < -0.3 is 9.94 Å². The summed E-state index contributed by atoms with van der Waals surface area (Å²) in [6.07, 6.45) is 4.50. The van der Waals surface area contributed by atoms with E-state index in [0.29, 0.717) is 24.0 Å². The van der Waals surface area contributed by atoms with Crippen LogP contribution in [0.25, 0.3) is 0 Å². The lowest BCUT2D eigenvalue weighted by molar-refractivity contribution is -0.522. The minimum Gasteiger partial charge on any atom is -0.623 e. The highest BCUT2D eigenvalue weighted by molar-refractivity contribution is 5.81. The van der Waals surface area contributed by atoms with E-state index >= 15 is 0 Å². The highest BCUT2D eigenvalue weighted by Crippen LogP contribution is 2.27. The third kappa shape index (κ3) is 1.43. The molecule has 72 valence electrons. The number of carbonyl (C=O) groups is 1. The Bertz CT molecular complexity index is 260. The molecule has 1 aliphatic rings. The summed E-state index contributed by atoms with van der Waals surface area (Å²) in [6, 6.07) is 0. The molecule has 4 nitrogen and oxygen atoms in total. The van der Waals surface area contributed by atoms with Crippen LogP contribution in [0.4, 0.5) is 0 Å². The Morgan fingerprint density at radius 1 is 1.92 bits per heavy atom. The lowest BCUT2D eigenvalue weighted by atomic mass is 9.93. The molecule has 0 aliphatic carbocycles. The number of hydrogen-bond donors (Lipinski definition) is 0. The SMILES string of the molecule is C=CC[C@@]1(C(=O)OC)CCC=[N+]1[O-]. The van der Waals surface area contributed by atoms with Gasteiger partial charge in [0.15, 0.2) is 6.21 Å². The largest absolute Gasteiger partial charge is 0.623 e. The summed E-state index contributed by atoms with van der Waals surface area (Å²) in [5.41, 5.74) is -1.05. The van der Waals surface area contributed by atoms with Crippen molar-refractivity contribution in [2.24, 2.45) is 0 Å². The van der Waals surface area contributed by atoms with E-state index in [2.05, 4.69) is 11.3 Å². The van der Waals surface area contributed by atoms with Gasteiger partial charge in [0.25, 0.3) is 5.54 Å². The molecular weight excluding hydrogens is 170 g/mol. The average Bonchev–Trinajstić information content (AvgIpc) is 2.48. The maximum absolute atomic E-state index is 11.4. The van der Waals surface area contributed by atoms with E-state index in [9.17, 15) is 10.0 Å². The van der Waals surface area contributed by atoms with Crippen molar-refractivity contribution in [3.8, 4) is 0 Å². The molecule has 13 heavy (non-hydrogen) atoms. The van der Waals surface area contributed by atoms with Gasteiger partial charge in [0.2, 0.25) is 0 Å². The van der Waals surface area contributed by atoms with Crippen molar-refractivity contribution in [2.75, 3.05) is 7.11 Å². The quantitative estimate of drug-likeness (QED) is 0.282. The topological polar surface area (TPSA) is 52.4 Å². The molecule has 0 spiro atoms. The van der Waals surface area contributed by atoms with Crippen molar-refractivity contribution < 1.29 is 14.3 Å². The molecule has 1 aliphatic heterocycles. The molecule has 0 N–H and O–H groups in total. The zero-order valence-corrected chi connectivity index (χ0v) is 7.66. The first kappa shape index (κ1) is 9.77. The number of esters is 1. The van der Waals surface area contributed by atoms with E-state index in [1.54, 1.807) is 6.08 Å². The number of hydrogen-bond acceptors (Lipinski definition) is 3. The number of hydroxylamine groups is 1. The van der Waals surface area contributed by atoms with Crippen molar-refractivity contribution in [3.05, 3.63) is 17.9 Å². The van der Waals surface area contributed by atoms with Gasteiger partial charge in [-0.1, -0.05) is 6.08 Å². The molecule has 0 saturated carbocycles. The minimum atomic E-state index is -1.05. The summed E-state index contributed by atoms with van der Waals surface area (Å²) in [5.74, 6) is -0.476. The molecule has 4 heteroatoms. The van der Waals surface area contributed by atoms with Crippen molar-refractivity contribution >= 4 is 12.2 Å². The maximum Gasteiger partial charge on any atom is 0.379 e. The first-order valence-electron chi connectivity index (χ1n) is 4.16. The van der Waals surface area contributed by atoms with E-state index < -0.39 is 11.5 Å². The molecule has 0 aromatic rings. The van der Waals surface area contributed by atoms with Crippen molar-refractivity contribution in [1.29, 1.82) is 0 Å². The predicted molar refractivity (Wildman–Crippen MR) is 48.5 cm³/mol. The standard InChI is InChI=1S/C9H13NO3/c1-3-5-9(8(11)13-2)6-4-7-10(9)12/h3,7H,1,4-6H2,2H3/t9-/m0/s1. The molecule has 0 radical (unpaired) electrons. The number of nitrogens with zero attached hydrogens (tertiary/aromatic N) is 1. The van der Waals surface area contributed by atoms with Crippen LogP contribution >= 0.6 is 0 Å². The average molecular weight is 183 g/mol. The lowest BCUT2D eigenvalue weighted by Crippen LogP contribution is -2.44. The molecule has 1 heterocycles. The monoisotopic (exact) mass is 183 g/mol. The van der Waals surface area contributed by atoms with Gasteiger partial charge in [-0.25, -0.2) is 4.79 Å². The van der Waals surface area contributed by atoms with Crippen LogP contribution < -0.4 is 0 Å². The normalized spacial score (nSPS) is 26.7. The molecular formula is C9H13NO3.